The summed E-state index contributed by atoms with van der Waals surface area (Å²) in [7, 11) is 0. The molecule has 1 heterocycles. The third-order valence-corrected chi connectivity index (χ3v) is 2.77. The van der Waals surface area contributed by atoms with Crippen LogP contribution in [0.5, 0.6) is 5.75 Å². The standard InChI is InChI=1S/C15H13NO3/c1-9(17)13(10(2)18)8-12-7-6-11-4-3-5-14(19)15(11)16-12/h3-8,19H,1-2H3. The Bertz CT molecular complexity index is 686. The molecule has 0 aliphatic rings. The fourth-order valence-electron chi connectivity index (χ4n) is 1.83. The molecule has 0 radical (unpaired) electrons. The van der Waals surface area contributed by atoms with Crippen LogP contribution in [-0.4, -0.2) is 21.7 Å². The maximum absolute atomic E-state index is 11.4. The predicted octanol–water partition coefficient (Wildman–Crippen LogP) is 2.50. The van der Waals surface area contributed by atoms with Gasteiger partial charge in [0.15, 0.2) is 11.6 Å². The van der Waals surface area contributed by atoms with Crippen LogP contribution in [0.4, 0.5) is 0 Å². The number of fused-ring (bicyclic) bond motifs is 1. The molecule has 0 atom stereocenters. The van der Waals surface area contributed by atoms with Gasteiger partial charge >= 0.3 is 0 Å². The number of benzene rings is 1. The lowest BCUT2D eigenvalue weighted by molar-refractivity contribution is -0.119. The second kappa shape index (κ2) is 5.02. The normalized spacial score (nSPS) is 10.2. The summed E-state index contributed by atoms with van der Waals surface area (Å²) in [6.07, 6.45) is 1.44. The second-order valence-electron chi connectivity index (χ2n) is 4.26. The number of rotatable bonds is 3. The first-order valence-electron chi connectivity index (χ1n) is 5.81. The fraction of sp³-hybridized carbons (Fsp3) is 0.133. The van der Waals surface area contributed by atoms with Crippen molar-refractivity contribution in [2.24, 2.45) is 0 Å². The van der Waals surface area contributed by atoms with Gasteiger partial charge in [0.05, 0.1) is 11.3 Å². The quantitative estimate of drug-likeness (QED) is 0.520. The minimum atomic E-state index is -0.299. The van der Waals surface area contributed by atoms with E-state index in [4.69, 9.17) is 0 Å². The zero-order chi connectivity index (χ0) is 14.0. The van der Waals surface area contributed by atoms with E-state index in [1.807, 2.05) is 6.07 Å². The second-order valence-corrected chi connectivity index (χ2v) is 4.26. The largest absolute Gasteiger partial charge is 0.506 e. The number of carbonyl (C=O) groups is 2. The van der Waals surface area contributed by atoms with E-state index >= 15 is 0 Å². The van der Waals surface area contributed by atoms with Crippen molar-refractivity contribution in [1.29, 1.82) is 0 Å². The van der Waals surface area contributed by atoms with Gasteiger partial charge in [0.2, 0.25) is 0 Å². The van der Waals surface area contributed by atoms with Gasteiger partial charge in [0, 0.05) is 5.39 Å². The molecule has 0 amide bonds. The summed E-state index contributed by atoms with van der Waals surface area (Å²) in [5, 5.41) is 10.5. The molecule has 4 nitrogen and oxygen atoms in total. The van der Waals surface area contributed by atoms with E-state index in [2.05, 4.69) is 4.98 Å². The van der Waals surface area contributed by atoms with Crippen molar-refractivity contribution < 1.29 is 14.7 Å². The SMILES string of the molecule is CC(=O)C(=Cc1ccc2cccc(O)c2n1)C(C)=O. The molecule has 4 heteroatoms. The molecular formula is C15H13NO3. The van der Waals surface area contributed by atoms with E-state index in [0.29, 0.717) is 11.2 Å². The van der Waals surface area contributed by atoms with Gasteiger partial charge in [0.1, 0.15) is 11.3 Å². The van der Waals surface area contributed by atoms with Crippen molar-refractivity contribution in [3.63, 3.8) is 0 Å². The lowest BCUT2D eigenvalue weighted by atomic mass is 10.1. The smallest absolute Gasteiger partial charge is 0.163 e. The Morgan fingerprint density at radius 2 is 1.79 bits per heavy atom. The molecule has 0 saturated heterocycles. The number of ketones is 2. The number of hydrogen-bond donors (Lipinski definition) is 1. The molecule has 0 fully saturated rings. The number of phenols is 1. The summed E-state index contributed by atoms with van der Waals surface area (Å²) in [5.41, 5.74) is 1.01. The topological polar surface area (TPSA) is 67.3 Å². The Morgan fingerprint density at radius 1 is 1.11 bits per heavy atom. The van der Waals surface area contributed by atoms with E-state index in [0.717, 1.165) is 5.39 Å². The third kappa shape index (κ3) is 2.68. The van der Waals surface area contributed by atoms with Crippen molar-refractivity contribution in [1.82, 2.24) is 4.98 Å². The fourth-order valence-corrected chi connectivity index (χ4v) is 1.83. The highest BCUT2D eigenvalue weighted by Gasteiger charge is 2.10. The number of allylic oxidation sites excluding steroid dienone is 1. The molecule has 0 unspecified atom stereocenters. The van der Waals surface area contributed by atoms with Crippen molar-refractivity contribution in [3.8, 4) is 5.75 Å². The average Bonchev–Trinajstić information content (AvgIpc) is 2.36. The number of phenolic OH excluding ortho intramolecular Hbond substituents is 1. The van der Waals surface area contributed by atoms with Crippen LogP contribution < -0.4 is 0 Å². The third-order valence-electron chi connectivity index (χ3n) is 2.77. The first kappa shape index (κ1) is 13.0. The minimum absolute atomic E-state index is 0.0694. The van der Waals surface area contributed by atoms with E-state index in [1.54, 1.807) is 24.3 Å². The van der Waals surface area contributed by atoms with E-state index in [1.165, 1.54) is 19.9 Å². The van der Waals surface area contributed by atoms with E-state index in [-0.39, 0.29) is 22.9 Å². The molecule has 1 aromatic heterocycles. The highest BCUT2D eigenvalue weighted by Crippen LogP contribution is 2.23. The van der Waals surface area contributed by atoms with Gasteiger partial charge in [-0.3, -0.25) is 9.59 Å². The summed E-state index contributed by atoms with van der Waals surface area (Å²) < 4.78 is 0. The predicted molar refractivity (Wildman–Crippen MR) is 72.7 cm³/mol. The molecule has 0 bridgehead atoms. The zero-order valence-electron chi connectivity index (χ0n) is 10.7. The van der Waals surface area contributed by atoms with Gasteiger partial charge < -0.3 is 5.11 Å². The van der Waals surface area contributed by atoms with Crippen LogP contribution in [0.1, 0.15) is 19.5 Å². The van der Waals surface area contributed by atoms with Crippen molar-refractivity contribution in [2.45, 2.75) is 13.8 Å². The number of Topliss-reactive ketones (excluding diaryl/α,β-unsaturated/α-hetero) is 2. The summed E-state index contributed by atoms with van der Waals surface area (Å²) in [6, 6.07) is 8.58. The Morgan fingerprint density at radius 3 is 2.42 bits per heavy atom. The minimum Gasteiger partial charge on any atom is -0.506 e. The summed E-state index contributed by atoms with van der Waals surface area (Å²) in [4.78, 5) is 27.0. The lowest BCUT2D eigenvalue weighted by Gasteiger charge is -2.02. The van der Waals surface area contributed by atoms with Gasteiger partial charge in [-0.25, -0.2) is 4.98 Å². The molecule has 19 heavy (non-hydrogen) atoms. The molecular weight excluding hydrogens is 242 g/mol. The van der Waals surface area contributed by atoms with Crippen LogP contribution >= 0.6 is 0 Å². The van der Waals surface area contributed by atoms with Crippen LogP contribution in [-0.2, 0) is 9.59 Å². The van der Waals surface area contributed by atoms with Crippen LogP contribution in [0.25, 0.3) is 17.0 Å². The number of carbonyl (C=O) groups excluding carboxylic acids is 2. The first-order valence-corrected chi connectivity index (χ1v) is 5.81. The number of pyridine rings is 1. The van der Waals surface area contributed by atoms with Crippen molar-refractivity contribution >= 4 is 28.5 Å². The summed E-state index contributed by atoms with van der Waals surface area (Å²) in [6.45, 7) is 2.68. The summed E-state index contributed by atoms with van der Waals surface area (Å²) in [5.74, 6) is -0.529. The summed E-state index contributed by atoms with van der Waals surface area (Å²) >= 11 is 0. The van der Waals surface area contributed by atoms with Gasteiger partial charge in [-0.15, -0.1) is 0 Å². The maximum Gasteiger partial charge on any atom is 0.163 e. The number of aromatic hydroxyl groups is 1. The molecule has 1 aromatic carbocycles. The molecule has 2 rings (SSSR count). The molecule has 0 aliphatic heterocycles. The van der Waals surface area contributed by atoms with Gasteiger partial charge in [-0.2, -0.15) is 0 Å². The highest BCUT2D eigenvalue weighted by molar-refractivity contribution is 6.21. The van der Waals surface area contributed by atoms with E-state index < -0.39 is 0 Å². The van der Waals surface area contributed by atoms with Crippen LogP contribution in [0, 0.1) is 0 Å². The maximum atomic E-state index is 11.4. The number of aromatic nitrogens is 1. The Hall–Kier alpha value is -2.49. The average molecular weight is 255 g/mol. The lowest BCUT2D eigenvalue weighted by Crippen LogP contribution is -2.06. The monoisotopic (exact) mass is 255 g/mol. The Balaban J connectivity index is 2.58. The van der Waals surface area contributed by atoms with Gasteiger partial charge in [0.25, 0.3) is 0 Å². The molecule has 96 valence electrons. The zero-order valence-corrected chi connectivity index (χ0v) is 10.7. The molecule has 0 saturated carbocycles. The Kier molecular flexibility index (Phi) is 3.42. The number of para-hydroxylation sites is 1. The molecule has 0 spiro atoms. The first-order chi connectivity index (χ1) is 8.99. The van der Waals surface area contributed by atoms with Gasteiger partial charge in [-0.05, 0) is 32.1 Å². The number of hydrogen-bond acceptors (Lipinski definition) is 4. The van der Waals surface area contributed by atoms with Crippen molar-refractivity contribution in [2.75, 3.05) is 0 Å². The van der Waals surface area contributed by atoms with Gasteiger partial charge in [-0.1, -0.05) is 18.2 Å². The number of nitrogens with zero attached hydrogens (tertiary/aromatic N) is 1. The highest BCUT2D eigenvalue weighted by atomic mass is 16.3. The molecule has 2 aromatic rings. The molecule has 0 aliphatic carbocycles. The van der Waals surface area contributed by atoms with Crippen LogP contribution in [0.15, 0.2) is 35.9 Å². The van der Waals surface area contributed by atoms with Crippen LogP contribution in [0.2, 0.25) is 0 Å². The van der Waals surface area contributed by atoms with Crippen molar-refractivity contribution in [3.05, 3.63) is 41.6 Å². The molecule has 1 N–H and O–H groups in total. The van der Waals surface area contributed by atoms with Crippen LogP contribution in [0.3, 0.4) is 0 Å². The Labute approximate surface area is 110 Å². The van der Waals surface area contributed by atoms with E-state index in [9.17, 15) is 14.7 Å².